The molecule has 2 heteroatoms. The molecule has 0 unspecified atom stereocenters. The number of hydrogen-bond acceptors (Lipinski definition) is 1. The van der Waals surface area contributed by atoms with Gasteiger partial charge in [0, 0.05) is 19.0 Å². The van der Waals surface area contributed by atoms with Gasteiger partial charge >= 0.3 is 0 Å². The fraction of sp³-hybridized carbons (Fsp3) is 0.727. The van der Waals surface area contributed by atoms with Gasteiger partial charge in [0.2, 0.25) is 5.91 Å². The van der Waals surface area contributed by atoms with Gasteiger partial charge in [0.05, 0.1) is 0 Å². The first-order valence-corrected chi connectivity index (χ1v) is 5.13. The minimum Gasteiger partial charge on any atom is -0.335 e. The van der Waals surface area contributed by atoms with Gasteiger partial charge in [-0.05, 0) is 25.7 Å². The van der Waals surface area contributed by atoms with Gasteiger partial charge in [-0.2, -0.15) is 0 Å². The van der Waals surface area contributed by atoms with Crippen LogP contribution in [0.5, 0.6) is 0 Å². The number of fused-ring (bicyclic) bond motifs is 1. The molecule has 2 rings (SSSR count). The number of carbonyl (C=O) groups is 1. The number of rotatable bonds is 0. The van der Waals surface area contributed by atoms with Crippen LogP contribution in [0.3, 0.4) is 0 Å². The molecule has 0 spiro atoms. The molecule has 2 heterocycles. The number of carbonyl (C=O) groups excluding carboxylic acids is 1. The van der Waals surface area contributed by atoms with E-state index in [4.69, 9.17) is 0 Å². The van der Waals surface area contributed by atoms with Crippen molar-refractivity contribution in [3.63, 3.8) is 0 Å². The van der Waals surface area contributed by atoms with E-state index < -0.39 is 0 Å². The maximum atomic E-state index is 11.6. The van der Waals surface area contributed by atoms with Crippen molar-refractivity contribution in [1.82, 2.24) is 4.90 Å². The molecular formula is C11H17NO. The molecule has 2 aliphatic heterocycles. The number of piperidine rings is 1. The molecule has 0 N–H and O–H groups in total. The first-order valence-electron chi connectivity index (χ1n) is 5.13. The van der Waals surface area contributed by atoms with E-state index in [0.29, 0.717) is 17.9 Å². The van der Waals surface area contributed by atoms with Gasteiger partial charge in [-0.25, -0.2) is 0 Å². The third kappa shape index (κ3) is 1.50. The zero-order chi connectivity index (χ0) is 9.42. The zero-order valence-electron chi connectivity index (χ0n) is 8.42. The first kappa shape index (κ1) is 8.79. The Morgan fingerprint density at radius 2 is 2.31 bits per heavy atom. The standard InChI is InChI=1S/C11H17NO/c1-8-3-5-10-9(2)4-6-11(13)12(10)7-8/h3,9-10H,4-7H2,1-2H3/t9-,10+/m1/s1. The molecule has 2 atom stereocenters. The van der Waals surface area contributed by atoms with E-state index in [1.165, 1.54) is 5.57 Å². The van der Waals surface area contributed by atoms with Gasteiger partial charge in [-0.15, -0.1) is 0 Å². The number of amides is 1. The Bertz CT molecular complexity index is 257. The molecule has 0 radical (unpaired) electrons. The quantitative estimate of drug-likeness (QED) is 0.520. The van der Waals surface area contributed by atoms with Gasteiger partial charge in [-0.1, -0.05) is 18.6 Å². The molecular weight excluding hydrogens is 162 g/mol. The highest BCUT2D eigenvalue weighted by Crippen LogP contribution is 2.30. The van der Waals surface area contributed by atoms with E-state index in [9.17, 15) is 4.79 Å². The van der Waals surface area contributed by atoms with Crippen LogP contribution in [0.2, 0.25) is 0 Å². The van der Waals surface area contributed by atoms with Crippen molar-refractivity contribution in [1.29, 1.82) is 0 Å². The fourth-order valence-corrected chi connectivity index (χ4v) is 2.40. The summed E-state index contributed by atoms with van der Waals surface area (Å²) < 4.78 is 0. The summed E-state index contributed by atoms with van der Waals surface area (Å²) >= 11 is 0. The lowest BCUT2D eigenvalue weighted by molar-refractivity contribution is -0.138. The Morgan fingerprint density at radius 3 is 3.08 bits per heavy atom. The van der Waals surface area contributed by atoms with Gasteiger partial charge < -0.3 is 4.90 Å². The summed E-state index contributed by atoms with van der Waals surface area (Å²) in [6, 6.07) is 0.491. The number of nitrogens with zero attached hydrogens (tertiary/aromatic N) is 1. The van der Waals surface area contributed by atoms with Crippen LogP contribution >= 0.6 is 0 Å². The molecule has 1 amide bonds. The molecule has 13 heavy (non-hydrogen) atoms. The van der Waals surface area contributed by atoms with Crippen LogP contribution in [0.1, 0.15) is 33.1 Å². The van der Waals surface area contributed by atoms with Crippen LogP contribution in [0.4, 0.5) is 0 Å². The van der Waals surface area contributed by atoms with E-state index in [1.54, 1.807) is 0 Å². The minimum atomic E-state index is 0.357. The molecule has 2 nitrogen and oxygen atoms in total. The molecule has 1 fully saturated rings. The predicted octanol–water partition coefficient (Wildman–Crippen LogP) is 1.96. The molecule has 0 aromatic carbocycles. The Labute approximate surface area is 79.6 Å². The topological polar surface area (TPSA) is 20.3 Å². The van der Waals surface area contributed by atoms with E-state index in [-0.39, 0.29) is 0 Å². The second-order valence-corrected chi connectivity index (χ2v) is 4.39. The third-order valence-corrected chi connectivity index (χ3v) is 3.32. The molecule has 0 aromatic rings. The summed E-state index contributed by atoms with van der Waals surface area (Å²) in [5, 5.41) is 0. The van der Waals surface area contributed by atoms with Crippen molar-refractivity contribution < 1.29 is 4.79 Å². The number of hydrogen-bond donors (Lipinski definition) is 0. The van der Waals surface area contributed by atoms with Crippen LogP contribution in [0, 0.1) is 5.92 Å². The molecule has 0 saturated carbocycles. The van der Waals surface area contributed by atoms with Crippen LogP contribution in [0.25, 0.3) is 0 Å². The van der Waals surface area contributed by atoms with Crippen molar-refractivity contribution >= 4 is 5.91 Å². The second-order valence-electron chi connectivity index (χ2n) is 4.39. The Hall–Kier alpha value is -0.790. The Morgan fingerprint density at radius 1 is 1.54 bits per heavy atom. The predicted molar refractivity (Wildman–Crippen MR) is 52.3 cm³/mol. The molecule has 72 valence electrons. The molecule has 2 aliphatic rings. The van der Waals surface area contributed by atoms with Crippen LogP contribution in [-0.2, 0) is 4.79 Å². The highest BCUT2D eigenvalue weighted by atomic mass is 16.2. The SMILES string of the molecule is CC1=CC[C@H]2[C@H](C)CCC(=O)N2C1. The normalized spacial score (nSPS) is 34.2. The summed E-state index contributed by atoms with van der Waals surface area (Å²) in [5.41, 5.74) is 1.35. The van der Waals surface area contributed by atoms with E-state index in [1.807, 2.05) is 0 Å². The van der Waals surface area contributed by atoms with Gasteiger partial charge in [0.15, 0.2) is 0 Å². The smallest absolute Gasteiger partial charge is 0.223 e. The van der Waals surface area contributed by atoms with E-state index in [0.717, 1.165) is 25.8 Å². The van der Waals surface area contributed by atoms with Crippen molar-refractivity contribution in [3.05, 3.63) is 11.6 Å². The van der Waals surface area contributed by atoms with Crippen LogP contribution < -0.4 is 0 Å². The van der Waals surface area contributed by atoms with E-state index >= 15 is 0 Å². The lowest BCUT2D eigenvalue weighted by Crippen LogP contribution is -2.49. The molecule has 0 aliphatic carbocycles. The molecule has 0 bridgehead atoms. The lowest BCUT2D eigenvalue weighted by atomic mass is 9.85. The van der Waals surface area contributed by atoms with Crippen molar-refractivity contribution in [2.75, 3.05) is 6.54 Å². The Kier molecular flexibility index (Phi) is 2.14. The van der Waals surface area contributed by atoms with Crippen molar-refractivity contribution in [2.45, 2.75) is 39.2 Å². The summed E-state index contributed by atoms with van der Waals surface area (Å²) in [6.07, 6.45) is 5.19. The monoisotopic (exact) mass is 179 g/mol. The van der Waals surface area contributed by atoms with Gasteiger partial charge in [0.25, 0.3) is 0 Å². The third-order valence-electron chi connectivity index (χ3n) is 3.32. The first-order chi connectivity index (χ1) is 6.18. The largest absolute Gasteiger partial charge is 0.335 e. The van der Waals surface area contributed by atoms with Crippen LogP contribution in [-0.4, -0.2) is 23.4 Å². The fourth-order valence-electron chi connectivity index (χ4n) is 2.40. The zero-order valence-corrected chi connectivity index (χ0v) is 8.42. The summed E-state index contributed by atoms with van der Waals surface area (Å²) in [5.74, 6) is 1.04. The highest BCUT2D eigenvalue weighted by Gasteiger charge is 2.34. The summed E-state index contributed by atoms with van der Waals surface area (Å²) in [4.78, 5) is 13.7. The highest BCUT2D eigenvalue weighted by molar-refractivity contribution is 5.78. The molecule has 0 aromatic heterocycles. The summed E-state index contributed by atoms with van der Waals surface area (Å²) in [6.45, 7) is 5.25. The minimum absolute atomic E-state index is 0.357. The van der Waals surface area contributed by atoms with Crippen molar-refractivity contribution in [3.8, 4) is 0 Å². The maximum Gasteiger partial charge on any atom is 0.223 e. The van der Waals surface area contributed by atoms with E-state index in [2.05, 4.69) is 24.8 Å². The molecule has 1 saturated heterocycles. The average molecular weight is 179 g/mol. The Balaban J connectivity index is 2.19. The van der Waals surface area contributed by atoms with Gasteiger partial charge in [0.1, 0.15) is 0 Å². The lowest BCUT2D eigenvalue weighted by Gasteiger charge is -2.42. The van der Waals surface area contributed by atoms with Crippen molar-refractivity contribution in [2.24, 2.45) is 5.92 Å². The maximum absolute atomic E-state index is 11.6. The second kappa shape index (κ2) is 3.17. The van der Waals surface area contributed by atoms with Gasteiger partial charge in [-0.3, -0.25) is 4.79 Å². The summed E-state index contributed by atoms with van der Waals surface area (Å²) in [7, 11) is 0. The van der Waals surface area contributed by atoms with Crippen LogP contribution in [0.15, 0.2) is 11.6 Å². The average Bonchev–Trinajstić information content (AvgIpc) is 2.12.